The number of aromatic nitrogens is 2. The average Bonchev–Trinajstić information content (AvgIpc) is 2.80. The van der Waals surface area contributed by atoms with Crippen molar-refractivity contribution in [2.45, 2.75) is 10.6 Å². The Morgan fingerprint density at radius 1 is 1.33 bits per heavy atom. The number of ether oxygens (including phenoxy) is 1. The summed E-state index contributed by atoms with van der Waals surface area (Å²) in [5.74, 6) is 2.28. The SMILES string of the molecule is COc1ccc(SCc2ncon2)cc1. The van der Waals surface area contributed by atoms with Crippen LogP contribution in [-0.4, -0.2) is 17.3 Å². The zero-order chi connectivity index (χ0) is 10.5. The summed E-state index contributed by atoms with van der Waals surface area (Å²) in [5.41, 5.74) is 0. The maximum atomic E-state index is 5.07. The number of hydrogen-bond acceptors (Lipinski definition) is 5. The van der Waals surface area contributed by atoms with E-state index in [-0.39, 0.29) is 0 Å². The zero-order valence-electron chi connectivity index (χ0n) is 8.21. The second kappa shape index (κ2) is 4.84. The van der Waals surface area contributed by atoms with E-state index in [9.17, 15) is 0 Å². The minimum absolute atomic E-state index is 0.704. The Balaban J connectivity index is 1.93. The lowest BCUT2D eigenvalue weighted by atomic mass is 10.3. The molecule has 0 N–H and O–H groups in total. The molecule has 4 nitrogen and oxygen atoms in total. The second-order valence-corrected chi connectivity index (χ2v) is 3.86. The van der Waals surface area contributed by atoms with Gasteiger partial charge in [-0.1, -0.05) is 5.16 Å². The Morgan fingerprint density at radius 3 is 2.73 bits per heavy atom. The Labute approximate surface area is 91.6 Å². The first-order chi connectivity index (χ1) is 7.38. The van der Waals surface area contributed by atoms with Gasteiger partial charge in [-0.15, -0.1) is 11.8 Å². The van der Waals surface area contributed by atoms with Crippen molar-refractivity contribution in [1.29, 1.82) is 0 Å². The second-order valence-electron chi connectivity index (χ2n) is 2.81. The van der Waals surface area contributed by atoms with Gasteiger partial charge < -0.3 is 9.26 Å². The fourth-order valence-electron chi connectivity index (χ4n) is 1.08. The van der Waals surface area contributed by atoms with Crippen LogP contribution in [0.5, 0.6) is 5.75 Å². The van der Waals surface area contributed by atoms with E-state index in [1.165, 1.54) is 6.39 Å². The molecule has 1 heterocycles. The van der Waals surface area contributed by atoms with Gasteiger partial charge in [0.05, 0.1) is 12.9 Å². The van der Waals surface area contributed by atoms with Gasteiger partial charge in [-0.05, 0) is 24.3 Å². The lowest BCUT2D eigenvalue weighted by Gasteiger charge is -2.01. The Kier molecular flexibility index (Phi) is 3.24. The number of benzene rings is 1. The molecule has 0 aliphatic rings. The predicted octanol–water partition coefficient (Wildman–Crippen LogP) is 2.37. The van der Waals surface area contributed by atoms with Crippen LogP contribution in [0.2, 0.25) is 0 Å². The number of hydrogen-bond donors (Lipinski definition) is 0. The van der Waals surface area contributed by atoms with Crippen LogP contribution in [-0.2, 0) is 5.75 Å². The summed E-state index contributed by atoms with van der Waals surface area (Å²) in [6, 6.07) is 7.87. The first kappa shape index (κ1) is 10.0. The van der Waals surface area contributed by atoms with Gasteiger partial charge in [-0.3, -0.25) is 0 Å². The van der Waals surface area contributed by atoms with Crippen molar-refractivity contribution in [2.24, 2.45) is 0 Å². The van der Waals surface area contributed by atoms with Crippen molar-refractivity contribution in [1.82, 2.24) is 10.1 Å². The van der Waals surface area contributed by atoms with Crippen molar-refractivity contribution in [3.05, 3.63) is 36.5 Å². The van der Waals surface area contributed by atoms with Crippen LogP contribution < -0.4 is 4.74 Å². The van der Waals surface area contributed by atoms with Crippen LogP contribution in [0.25, 0.3) is 0 Å². The van der Waals surface area contributed by atoms with Crippen LogP contribution >= 0.6 is 11.8 Å². The van der Waals surface area contributed by atoms with E-state index in [4.69, 9.17) is 4.74 Å². The molecule has 0 spiro atoms. The maximum Gasteiger partial charge on any atom is 0.213 e. The van der Waals surface area contributed by atoms with Crippen molar-refractivity contribution in [3.8, 4) is 5.75 Å². The summed E-state index contributed by atoms with van der Waals surface area (Å²) < 4.78 is 9.72. The normalized spacial score (nSPS) is 10.2. The molecule has 0 amide bonds. The predicted molar refractivity (Wildman–Crippen MR) is 56.9 cm³/mol. The number of nitrogens with zero attached hydrogens (tertiary/aromatic N) is 2. The molecule has 2 rings (SSSR count). The molecule has 1 aromatic carbocycles. The largest absolute Gasteiger partial charge is 0.497 e. The van der Waals surface area contributed by atoms with Crippen LogP contribution in [0.4, 0.5) is 0 Å². The van der Waals surface area contributed by atoms with Crippen LogP contribution in [0.3, 0.4) is 0 Å². The quantitative estimate of drug-likeness (QED) is 0.743. The van der Waals surface area contributed by atoms with E-state index in [2.05, 4.69) is 14.7 Å². The van der Waals surface area contributed by atoms with Crippen molar-refractivity contribution in [3.63, 3.8) is 0 Å². The van der Waals surface area contributed by atoms with Crippen molar-refractivity contribution < 1.29 is 9.26 Å². The Bertz CT molecular complexity index is 400. The molecule has 5 heteroatoms. The topological polar surface area (TPSA) is 48.2 Å². The summed E-state index contributed by atoms with van der Waals surface area (Å²) in [4.78, 5) is 5.10. The molecule has 0 atom stereocenters. The van der Waals surface area contributed by atoms with E-state index in [0.29, 0.717) is 11.6 Å². The Morgan fingerprint density at radius 2 is 2.13 bits per heavy atom. The van der Waals surface area contributed by atoms with Crippen molar-refractivity contribution >= 4 is 11.8 Å². The molecule has 0 fully saturated rings. The van der Waals surface area contributed by atoms with Gasteiger partial charge in [0.15, 0.2) is 5.82 Å². The molecular weight excluding hydrogens is 212 g/mol. The van der Waals surface area contributed by atoms with Crippen LogP contribution in [0.15, 0.2) is 40.1 Å². The first-order valence-corrected chi connectivity index (χ1v) is 5.39. The molecule has 2 aromatic rings. The number of thioether (sulfide) groups is 1. The third-order valence-corrected chi connectivity index (χ3v) is 2.84. The van der Waals surface area contributed by atoms with E-state index < -0.39 is 0 Å². The van der Waals surface area contributed by atoms with Gasteiger partial charge in [-0.25, -0.2) is 0 Å². The summed E-state index contributed by atoms with van der Waals surface area (Å²) in [6.45, 7) is 0. The van der Waals surface area contributed by atoms with Crippen LogP contribution in [0, 0.1) is 0 Å². The lowest BCUT2D eigenvalue weighted by Crippen LogP contribution is -1.84. The molecule has 0 aliphatic carbocycles. The lowest BCUT2D eigenvalue weighted by molar-refractivity contribution is 0.412. The minimum atomic E-state index is 0.704. The van der Waals surface area contributed by atoms with Gasteiger partial charge in [0.2, 0.25) is 6.39 Å². The van der Waals surface area contributed by atoms with Gasteiger partial charge in [0.1, 0.15) is 5.75 Å². The summed E-state index contributed by atoms with van der Waals surface area (Å²) in [5, 5.41) is 3.73. The van der Waals surface area contributed by atoms with Gasteiger partial charge in [0, 0.05) is 4.90 Å². The minimum Gasteiger partial charge on any atom is -0.497 e. The van der Waals surface area contributed by atoms with E-state index >= 15 is 0 Å². The van der Waals surface area contributed by atoms with Crippen molar-refractivity contribution in [2.75, 3.05) is 7.11 Å². The van der Waals surface area contributed by atoms with Crippen LogP contribution in [0.1, 0.15) is 5.82 Å². The highest BCUT2D eigenvalue weighted by Gasteiger charge is 2.00. The molecule has 0 bridgehead atoms. The summed E-state index contributed by atoms with van der Waals surface area (Å²) >= 11 is 1.66. The highest BCUT2D eigenvalue weighted by Crippen LogP contribution is 2.23. The highest BCUT2D eigenvalue weighted by molar-refractivity contribution is 7.98. The van der Waals surface area contributed by atoms with Gasteiger partial charge in [0.25, 0.3) is 0 Å². The summed E-state index contributed by atoms with van der Waals surface area (Å²) in [7, 11) is 1.65. The molecule has 0 radical (unpaired) electrons. The summed E-state index contributed by atoms with van der Waals surface area (Å²) in [6.07, 6.45) is 1.34. The molecule has 15 heavy (non-hydrogen) atoms. The molecule has 0 aliphatic heterocycles. The monoisotopic (exact) mass is 222 g/mol. The molecule has 78 valence electrons. The van der Waals surface area contributed by atoms with E-state index in [0.717, 1.165) is 10.6 Å². The standard InChI is InChI=1S/C10H10N2O2S/c1-13-8-2-4-9(5-3-8)15-6-10-11-7-14-12-10/h2-5,7H,6H2,1H3. The van der Waals surface area contributed by atoms with E-state index in [1.807, 2.05) is 24.3 Å². The zero-order valence-corrected chi connectivity index (χ0v) is 9.03. The maximum absolute atomic E-state index is 5.07. The molecule has 0 unspecified atom stereocenters. The molecule has 1 aromatic heterocycles. The van der Waals surface area contributed by atoms with Gasteiger partial charge >= 0.3 is 0 Å². The third kappa shape index (κ3) is 2.73. The van der Waals surface area contributed by atoms with E-state index in [1.54, 1.807) is 18.9 Å². The smallest absolute Gasteiger partial charge is 0.213 e. The molecule has 0 saturated carbocycles. The Hall–Kier alpha value is -1.49. The fourth-order valence-corrected chi connectivity index (χ4v) is 1.83. The van der Waals surface area contributed by atoms with Gasteiger partial charge in [-0.2, -0.15) is 4.98 Å². The first-order valence-electron chi connectivity index (χ1n) is 4.40. The molecular formula is C10H10N2O2S. The number of rotatable bonds is 4. The highest BCUT2D eigenvalue weighted by atomic mass is 32.2. The number of methoxy groups -OCH3 is 1. The molecule has 0 saturated heterocycles. The average molecular weight is 222 g/mol. The fraction of sp³-hybridized carbons (Fsp3) is 0.200. The third-order valence-electron chi connectivity index (χ3n) is 1.83.